The average Bonchev–Trinajstić information content (AvgIpc) is 2.72. The van der Waals surface area contributed by atoms with Crippen molar-refractivity contribution in [3.05, 3.63) is 12.0 Å². The molecule has 94 valence electrons. The van der Waals surface area contributed by atoms with E-state index in [-0.39, 0.29) is 17.9 Å². The second-order valence-corrected chi connectivity index (χ2v) is 4.81. The van der Waals surface area contributed by atoms with Crippen molar-refractivity contribution in [1.29, 1.82) is 0 Å². The van der Waals surface area contributed by atoms with Crippen LogP contribution in [0.4, 0.5) is 0 Å². The van der Waals surface area contributed by atoms with E-state index in [1.165, 1.54) is 0 Å². The van der Waals surface area contributed by atoms with Gasteiger partial charge >= 0.3 is 12.0 Å². The minimum absolute atomic E-state index is 0.0640. The van der Waals surface area contributed by atoms with E-state index >= 15 is 0 Å². The van der Waals surface area contributed by atoms with Gasteiger partial charge in [-0.1, -0.05) is 13.8 Å². The molecule has 1 aromatic rings. The van der Waals surface area contributed by atoms with Crippen molar-refractivity contribution in [2.24, 2.45) is 11.8 Å². The zero-order valence-electron chi connectivity index (χ0n) is 10.0. The van der Waals surface area contributed by atoms with Crippen molar-refractivity contribution in [2.45, 2.75) is 39.2 Å². The molecule has 1 saturated carbocycles. The molecule has 1 N–H and O–H groups in total. The van der Waals surface area contributed by atoms with Gasteiger partial charge < -0.3 is 14.3 Å². The fourth-order valence-corrected chi connectivity index (χ4v) is 2.16. The van der Waals surface area contributed by atoms with Gasteiger partial charge in [0.2, 0.25) is 0 Å². The summed E-state index contributed by atoms with van der Waals surface area (Å²) in [6.45, 7) is 4.45. The molecule has 1 aliphatic carbocycles. The fourth-order valence-electron chi connectivity index (χ4n) is 2.16. The van der Waals surface area contributed by atoms with Gasteiger partial charge in [0.25, 0.3) is 0 Å². The van der Waals surface area contributed by atoms with Crippen LogP contribution in [0.5, 0.6) is 6.08 Å². The summed E-state index contributed by atoms with van der Waals surface area (Å²) in [5.41, 5.74) is -0.114. The Hall–Kier alpha value is -1.52. The van der Waals surface area contributed by atoms with Crippen LogP contribution in [-0.2, 0) is 0 Å². The van der Waals surface area contributed by atoms with Crippen molar-refractivity contribution in [3.8, 4) is 6.08 Å². The van der Waals surface area contributed by atoms with E-state index in [0.29, 0.717) is 11.8 Å². The standard InChI is InChI=1S/C12H17NO4/c1-7-3-4-9(5-8(7)2)17-12-13-10(6-16-12)11(14)15/h6-9H,3-5H2,1-2H3,(H,14,15). The molecule has 3 unspecified atom stereocenters. The second kappa shape index (κ2) is 4.77. The van der Waals surface area contributed by atoms with E-state index in [2.05, 4.69) is 18.8 Å². The smallest absolute Gasteiger partial charge is 0.394 e. The first-order chi connectivity index (χ1) is 8.06. The summed E-state index contributed by atoms with van der Waals surface area (Å²) in [5, 5.41) is 8.70. The first-order valence-corrected chi connectivity index (χ1v) is 5.91. The second-order valence-electron chi connectivity index (χ2n) is 4.81. The lowest BCUT2D eigenvalue weighted by Gasteiger charge is -2.31. The molecule has 0 aromatic carbocycles. The van der Waals surface area contributed by atoms with Crippen molar-refractivity contribution in [1.82, 2.24) is 4.98 Å². The topological polar surface area (TPSA) is 72.6 Å². The van der Waals surface area contributed by atoms with Crippen LogP contribution < -0.4 is 4.74 Å². The van der Waals surface area contributed by atoms with Gasteiger partial charge in [0.05, 0.1) is 0 Å². The Morgan fingerprint density at radius 3 is 2.82 bits per heavy atom. The van der Waals surface area contributed by atoms with E-state index in [9.17, 15) is 4.79 Å². The van der Waals surface area contributed by atoms with E-state index in [1.807, 2.05) is 0 Å². The maximum Gasteiger partial charge on any atom is 0.394 e. The predicted octanol–water partition coefficient (Wildman–Crippen LogP) is 2.58. The van der Waals surface area contributed by atoms with Crippen LogP contribution in [0, 0.1) is 11.8 Å². The third-order valence-corrected chi connectivity index (χ3v) is 3.52. The molecular formula is C12H17NO4. The summed E-state index contributed by atoms with van der Waals surface area (Å²) < 4.78 is 10.5. The number of aromatic carboxylic acids is 1. The van der Waals surface area contributed by atoms with Gasteiger partial charge in [-0.05, 0) is 31.1 Å². The number of hydrogen-bond donors (Lipinski definition) is 1. The molecule has 5 nitrogen and oxygen atoms in total. The van der Waals surface area contributed by atoms with E-state index in [4.69, 9.17) is 14.3 Å². The maximum atomic E-state index is 10.6. The molecule has 0 saturated heterocycles. The molecule has 17 heavy (non-hydrogen) atoms. The van der Waals surface area contributed by atoms with Gasteiger partial charge in [0.15, 0.2) is 5.69 Å². The monoisotopic (exact) mass is 239 g/mol. The van der Waals surface area contributed by atoms with Crippen LogP contribution in [0.25, 0.3) is 0 Å². The number of carboxylic acid groups (broad SMARTS) is 1. The molecule has 0 bridgehead atoms. The first kappa shape index (κ1) is 12.0. The summed E-state index contributed by atoms with van der Waals surface area (Å²) in [7, 11) is 0. The SMILES string of the molecule is CC1CCC(Oc2nc(C(=O)O)co2)CC1C. The number of ether oxygens (including phenoxy) is 1. The minimum atomic E-state index is -1.10. The number of hydrogen-bond acceptors (Lipinski definition) is 4. The molecule has 2 rings (SSSR count). The molecule has 1 aliphatic rings. The Kier molecular flexibility index (Phi) is 3.36. The van der Waals surface area contributed by atoms with E-state index in [0.717, 1.165) is 25.5 Å². The zero-order chi connectivity index (χ0) is 12.4. The molecule has 0 spiro atoms. The Balaban J connectivity index is 1.94. The summed E-state index contributed by atoms with van der Waals surface area (Å²) in [6, 6.07) is 0. The highest BCUT2D eigenvalue weighted by molar-refractivity contribution is 5.84. The van der Waals surface area contributed by atoms with Crippen LogP contribution in [0.2, 0.25) is 0 Å². The highest BCUT2D eigenvalue weighted by Crippen LogP contribution is 2.31. The lowest BCUT2D eigenvalue weighted by atomic mass is 9.80. The number of carboxylic acids is 1. The summed E-state index contributed by atoms with van der Waals surface area (Å²) in [4.78, 5) is 14.4. The lowest BCUT2D eigenvalue weighted by molar-refractivity contribution is 0.0680. The molecule has 1 aromatic heterocycles. The van der Waals surface area contributed by atoms with E-state index in [1.54, 1.807) is 0 Å². The highest BCUT2D eigenvalue weighted by Gasteiger charge is 2.27. The number of nitrogens with zero attached hydrogens (tertiary/aromatic N) is 1. The Morgan fingerprint density at radius 2 is 2.24 bits per heavy atom. The quantitative estimate of drug-likeness (QED) is 0.877. The Bertz CT molecular complexity index is 401. The number of aromatic nitrogens is 1. The summed E-state index contributed by atoms with van der Waals surface area (Å²) >= 11 is 0. The normalized spacial score (nSPS) is 28.9. The molecule has 1 fully saturated rings. The van der Waals surface area contributed by atoms with Crippen molar-refractivity contribution in [3.63, 3.8) is 0 Å². The maximum absolute atomic E-state index is 10.6. The lowest BCUT2D eigenvalue weighted by Crippen LogP contribution is -2.28. The van der Waals surface area contributed by atoms with Crippen molar-refractivity contribution in [2.75, 3.05) is 0 Å². The molecule has 3 atom stereocenters. The van der Waals surface area contributed by atoms with Crippen LogP contribution in [0.15, 0.2) is 10.7 Å². The third kappa shape index (κ3) is 2.78. The largest absolute Gasteiger partial charge is 0.476 e. The molecule has 0 amide bonds. The summed E-state index contributed by atoms with van der Waals surface area (Å²) in [6.07, 6.45) is 4.31. The van der Waals surface area contributed by atoms with Gasteiger partial charge in [-0.2, -0.15) is 4.98 Å². The molecular weight excluding hydrogens is 222 g/mol. The van der Waals surface area contributed by atoms with Crippen molar-refractivity contribution >= 4 is 5.97 Å². The van der Waals surface area contributed by atoms with Gasteiger partial charge in [-0.3, -0.25) is 0 Å². The van der Waals surface area contributed by atoms with E-state index < -0.39 is 5.97 Å². The zero-order valence-corrected chi connectivity index (χ0v) is 10.0. The summed E-state index contributed by atoms with van der Waals surface area (Å²) in [5.74, 6) is 0.228. The van der Waals surface area contributed by atoms with Crippen LogP contribution in [-0.4, -0.2) is 22.2 Å². The molecule has 0 radical (unpaired) electrons. The van der Waals surface area contributed by atoms with Gasteiger partial charge in [-0.15, -0.1) is 0 Å². The molecule has 1 heterocycles. The Morgan fingerprint density at radius 1 is 1.47 bits per heavy atom. The molecule has 5 heteroatoms. The number of carbonyl (C=O) groups is 1. The first-order valence-electron chi connectivity index (χ1n) is 5.91. The third-order valence-electron chi connectivity index (χ3n) is 3.52. The van der Waals surface area contributed by atoms with Crippen molar-refractivity contribution < 1.29 is 19.1 Å². The van der Waals surface area contributed by atoms with Gasteiger partial charge in [0, 0.05) is 0 Å². The van der Waals surface area contributed by atoms with Crippen LogP contribution >= 0.6 is 0 Å². The van der Waals surface area contributed by atoms with Gasteiger partial charge in [-0.25, -0.2) is 4.79 Å². The van der Waals surface area contributed by atoms with Crippen LogP contribution in [0.1, 0.15) is 43.6 Å². The van der Waals surface area contributed by atoms with Crippen LogP contribution in [0.3, 0.4) is 0 Å². The fraction of sp³-hybridized carbons (Fsp3) is 0.667. The Labute approximate surface area is 99.8 Å². The minimum Gasteiger partial charge on any atom is -0.476 e. The number of rotatable bonds is 3. The van der Waals surface area contributed by atoms with Gasteiger partial charge in [0.1, 0.15) is 12.4 Å². The average molecular weight is 239 g/mol. The highest BCUT2D eigenvalue weighted by atomic mass is 16.6. The predicted molar refractivity (Wildman–Crippen MR) is 60.1 cm³/mol. The molecule has 0 aliphatic heterocycles. The number of oxazole rings is 1.